The minimum Gasteiger partial charge on any atom is -0.481 e. The maximum absolute atomic E-state index is 12.5. The van der Waals surface area contributed by atoms with Crippen molar-refractivity contribution < 1.29 is 23.1 Å². The Kier molecular flexibility index (Phi) is 6.10. The first kappa shape index (κ1) is 17.8. The first-order chi connectivity index (χ1) is 9.78. The van der Waals surface area contributed by atoms with E-state index in [-0.39, 0.29) is 45.6 Å². The van der Waals surface area contributed by atoms with Gasteiger partial charge in [-0.15, -0.1) is 0 Å². The molecule has 1 aliphatic rings. The summed E-state index contributed by atoms with van der Waals surface area (Å²) in [5.41, 5.74) is -1.06. The van der Waals surface area contributed by atoms with Crippen LogP contribution in [-0.2, 0) is 19.7 Å². The number of carboxylic acid groups (broad SMARTS) is 1. The van der Waals surface area contributed by atoms with E-state index in [1.54, 1.807) is 6.92 Å². The van der Waals surface area contributed by atoms with Crippen LogP contribution in [0.4, 0.5) is 0 Å². The van der Waals surface area contributed by atoms with Crippen LogP contribution in [0.1, 0.15) is 19.8 Å². The standard InChI is InChI=1S/C12H21N3O5S/c1-12(11(16)17)4-7-15(10-12)21(18,19)14(6-3-5-13)8-9-20-2/h3-4,6-10H2,1-2H3,(H,16,17). The Morgan fingerprint density at radius 2 is 2.19 bits per heavy atom. The zero-order valence-electron chi connectivity index (χ0n) is 12.3. The number of carboxylic acids is 1. The first-order valence-electron chi connectivity index (χ1n) is 6.62. The van der Waals surface area contributed by atoms with E-state index < -0.39 is 21.6 Å². The third-order valence-electron chi connectivity index (χ3n) is 3.63. The Labute approximate surface area is 125 Å². The summed E-state index contributed by atoms with van der Waals surface area (Å²) in [5.74, 6) is -0.999. The third kappa shape index (κ3) is 4.14. The molecule has 0 aliphatic carbocycles. The third-order valence-corrected chi connectivity index (χ3v) is 5.61. The molecule has 1 unspecified atom stereocenters. The van der Waals surface area contributed by atoms with Crippen LogP contribution in [-0.4, -0.2) is 68.0 Å². The molecule has 0 bridgehead atoms. The smallest absolute Gasteiger partial charge is 0.310 e. The average molecular weight is 319 g/mol. The number of aliphatic carboxylic acids is 1. The fourth-order valence-electron chi connectivity index (χ4n) is 2.16. The van der Waals surface area contributed by atoms with Gasteiger partial charge in [0.05, 0.1) is 18.1 Å². The average Bonchev–Trinajstić information content (AvgIpc) is 2.83. The number of nitrogens with zero attached hydrogens (tertiary/aromatic N) is 3. The van der Waals surface area contributed by atoms with Crippen LogP contribution in [0.15, 0.2) is 0 Å². The van der Waals surface area contributed by atoms with Gasteiger partial charge in [-0.3, -0.25) is 4.79 Å². The summed E-state index contributed by atoms with van der Waals surface area (Å²) in [7, 11) is -2.31. The predicted octanol–water partition coefficient (Wildman–Crippen LogP) is -0.110. The molecule has 1 rings (SSSR count). The zero-order valence-corrected chi connectivity index (χ0v) is 13.1. The number of nitriles is 1. The number of carbonyl (C=O) groups is 1. The molecule has 0 aromatic heterocycles. The van der Waals surface area contributed by atoms with E-state index in [4.69, 9.17) is 10.00 Å². The van der Waals surface area contributed by atoms with Gasteiger partial charge in [0.15, 0.2) is 0 Å². The molecular formula is C12H21N3O5S. The van der Waals surface area contributed by atoms with Gasteiger partial charge in [-0.25, -0.2) is 0 Å². The minimum atomic E-state index is -3.78. The van der Waals surface area contributed by atoms with Crippen molar-refractivity contribution in [2.24, 2.45) is 5.41 Å². The molecule has 21 heavy (non-hydrogen) atoms. The van der Waals surface area contributed by atoms with Gasteiger partial charge >= 0.3 is 5.97 Å². The molecule has 0 spiro atoms. The molecule has 1 N–H and O–H groups in total. The van der Waals surface area contributed by atoms with Crippen LogP contribution in [0, 0.1) is 16.7 Å². The highest BCUT2D eigenvalue weighted by Crippen LogP contribution is 2.32. The van der Waals surface area contributed by atoms with Crippen LogP contribution in [0.5, 0.6) is 0 Å². The molecule has 9 heteroatoms. The van der Waals surface area contributed by atoms with Gasteiger partial charge in [0.1, 0.15) is 0 Å². The van der Waals surface area contributed by atoms with Gasteiger partial charge < -0.3 is 9.84 Å². The van der Waals surface area contributed by atoms with Crippen LogP contribution < -0.4 is 0 Å². The van der Waals surface area contributed by atoms with Gasteiger partial charge in [-0.1, -0.05) is 0 Å². The lowest BCUT2D eigenvalue weighted by Crippen LogP contribution is -2.45. The second-order valence-electron chi connectivity index (χ2n) is 5.26. The fourth-order valence-corrected chi connectivity index (χ4v) is 3.89. The predicted molar refractivity (Wildman–Crippen MR) is 74.5 cm³/mol. The van der Waals surface area contributed by atoms with E-state index in [0.29, 0.717) is 0 Å². The summed E-state index contributed by atoms with van der Waals surface area (Å²) in [6.07, 6.45) is 0.352. The Morgan fingerprint density at radius 3 is 2.67 bits per heavy atom. The molecule has 1 fully saturated rings. The SMILES string of the molecule is COCCN(CCC#N)S(=O)(=O)N1CCC(C)(C(=O)O)C1. The van der Waals surface area contributed by atoms with E-state index in [9.17, 15) is 18.3 Å². The van der Waals surface area contributed by atoms with Gasteiger partial charge in [-0.05, 0) is 13.3 Å². The van der Waals surface area contributed by atoms with E-state index in [2.05, 4.69) is 0 Å². The summed E-state index contributed by atoms with van der Waals surface area (Å²) < 4.78 is 32.3. The normalized spacial score (nSPS) is 23.3. The topological polar surface area (TPSA) is 111 Å². The van der Waals surface area contributed by atoms with Crippen LogP contribution >= 0.6 is 0 Å². The largest absolute Gasteiger partial charge is 0.481 e. The van der Waals surface area contributed by atoms with Gasteiger partial charge in [0.2, 0.25) is 0 Å². The van der Waals surface area contributed by atoms with Crippen molar-refractivity contribution in [3.63, 3.8) is 0 Å². The maximum Gasteiger partial charge on any atom is 0.310 e. The minimum absolute atomic E-state index is 0.0549. The Bertz CT molecular complexity index is 515. The van der Waals surface area contributed by atoms with Crippen LogP contribution in [0.25, 0.3) is 0 Å². The zero-order chi connectivity index (χ0) is 16.1. The summed E-state index contributed by atoms with van der Waals surface area (Å²) in [6, 6.07) is 1.91. The van der Waals surface area contributed by atoms with Crippen molar-refractivity contribution in [2.45, 2.75) is 19.8 Å². The van der Waals surface area contributed by atoms with Crippen molar-refractivity contribution in [1.29, 1.82) is 5.26 Å². The van der Waals surface area contributed by atoms with Crippen molar-refractivity contribution in [1.82, 2.24) is 8.61 Å². The number of hydrogen-bond donors (Lipinski definition) is 1. The lowest BCUT2D eigenvalue weighted by atomic mass is 9.90. The molecule has 1 saturated heterocycles. The van der Waals surface area contributed by atoms with Crippen molar-refractivity contribution in [3.8, 4) is 6.07 Å². The summed E-state index contributed by atoms with van der Waals surface area (Å²) in [4.78, 5) is 11.2. The molecule has 0 amide bonds. The molecule has 0 aromatic carbocycles. The second kappa shape index (κ2) is 7.17. The van der Waals surface area contributed by atoms with Gasteiger partial charge in [-0.2, -0.15) is 22.3 Å². The van der Waals surface area contributed by atoms with E-state index in [0.717, 1.165) is 0 Å². The lowest BCUT2D eigenvalue weighted by Gasteiger charge is -2.27. The highest BCUT2D eigenvalue weighted by atomic mass is 32.2. The molecule has 0 saturated carbocycles. The second-order valence-corrected chi connectivity index (χ2v) is 7.19. The van der Waals surface area contributed by atoms with Crippen molar-refractivity contribution in [2.75, 3.05) is 39.9 Å². The van der Waals surface area contributed by atoms with Crippen molar-refractivity contribution in [3.05, 3.63) is 0 Å². The lowest BCUT2D eigenvalue weighted by molar-refractivity contribution is -0.146. The molecule has 1 heterocycles. The molecule has 1 atom stereocenters. The highest BCUT2D eigenvalue weighted by molar-refractivity contribution is 7.86. The van der Waals surface area contributed by atoms with E-state index >= 15 is 0 Å². The monoisotopic (exact) mass is 319 g/mol. The molecule has 0 aromatic rings. The molecule has 1 aliphatic heterocycles. The summed E-state index contributed by atoms with van der Waals surface area (Å²) in [5, 5.41) is 17.8. The quantitative estimate of drug-likeness (QED) is 0.668. The van der Waals surface area contributed by atoms with Gasteiger partial charge in [0, 0.05) is 39.7 Å². The summed E-state index contributed by atoms with van der Waals surface area (Å²) in [6.45, 7) is 2.08. The first-order valence-corrected chi connectivity index (χ1v) is 8.02. The number of rotatable bonds is 8. The van der Waals surface area contributed by atoms with E-state index in [1.165, 1.54) is 15.7 Å². The van der Waals surface area contributed by atoms with Crippen LogP contribution in [0.2, 0.25) is 0 Å². The Hall–Kier alpha value is -1.21. The molecule has 120 valence electrons. The number of hydrogen-bond acceptors (Lipinski definition) is 5. The molecular weight excluding hydrogens is 298 g/mol. The Balaban J connectivity index is 2.86. The number of ether oxygens (including phenoxy) is 1. The van der Waals surface area contributed by atoms with E-state index in [1.807, 2.05) is 6.07 Å². The summed E-state index contributed by atoms with van der Waals surface area (Å²) >= 11 is 0. The highest BCUT2D eigenvalue weighted by Gasteiger charge is 2.45. The molecule has 0 radical (unpaired) electrons. The van der Waals surface area contributed by atoms with Crippen LogP contribution in [0.3, 0.4) is 0 Å². The Morgan fingerprint density at radius 1 is 1.52 bits per heavy atom. The fraction of sp³-hybridized carbons (Fsp3) is 0.833. The number of methoxy groups -OCH3 is 1. The van der Waals surface area contributed by atoms with Crippen molar-refractivity contribution >= 4 is 16.2 Å². The maximum atomic E-state index is 12.5. The molecule has 8 nitrogen and oxygen atoms in total. The van der Waals surface area contributed by atoms with Gasteiger partial charge in [0.25, 0.3) is 10.2 Å².